The van der Waals surface area contributed by atoms with Crippen LogP contribution in [0, 0.1) is 11.6 Å². The highest BCUT2D eigenvalue weighted by atomic mass is 35.5. The minimum absolute atomic E-state index is 0.0520. The number of Topliss-reactive ketones (excluding diaryl/α,β-unsaturated/α-hetero) is 1. The maximum Gasteiger partial charge on any atom is 0.337 e. The van der Waals surface area contributed by atoms with E-state index in [9.17, 15) is 35.2 Å². The highest BCUT2D eigenvalue weighted by Crippen LogP contribution is 2.25. The standard InChI is InChI=1S/C16H16ClFN2O3S.C16H15ClFNO4S/c1-24(22,23)20(14-6-4-13(17)5-7-14)10-12-3-2-11(8-15(12)18)16(21)9-19;1-23-16(20)11-3-4-12(15(18)9-11)10-19(24(2,21)22)14-7-5-13(17)6-8-14/h2-8H,9-10,19H2,1H3;3-9H,10H2,1-2H3. The fourth-order valence-electron chi connectivity index (χ4n) is 4.21. The third kappa shape index (κ3) is 10.5. The Morgan fingerprint density at radius 1 is 0.688 bits per heavy atom. The zero-order chi connectivity index (χ0) is 35.8. The number of ether oxygens (including phenoxy) is 1. The molecular formula is C32H31Cl2F2N3O7S2. The van der Waals surface area contributed by atoms with E-state index in [-0.39, 0.29) is 41.9 Å². The monoisotopic (exact) mass is 741 g/mol. The second-order valence-corrected chi connectivity index (χ2v) is 14.9. The van der Waals surface area contributed by atoms with Crippen molar-refractivity contribution in [2.45, 2.75) is 13.1 Å². The molecule has 0 amide bonds. The summed E-state index contributed by atoms with van der Waals surface area (Å²) in [6.45, 7) is -0.643. The summed E-state index contributed by atoms with van der Waals surface area (Å²) >= 11 is 11.6. The van der Waals surface area contributed by atoms with Gasteiger partial charge in [0, 0.05) is 26.7 Å². The third-order valence-corrected chi connectivity index (χ3v) is 9.48. The van der Waals surface area contributed by atoms with E-state index in [0.29, 0.717) is 21.4 Å². The van der Waals surface area contributed by atoms with Crippen LogP contribution in [0.2, 0.25) is 10.0 Å². The minimum Gasteiger partial charge on any atom is -0.465 e. The number of carbonyl (C=O) groups is 2. The van der Waals surface area contributed by atoms with Gasteiger partial charge in [-0.2, -0.15) is 0 Å². The quantitative estimate of drug-likeness (QED) is 0.150. The first-order valence-electron chi connectivity index (χ1n) is 13.8. The van der Waals surface area contributed by atoms with Crippen LogP contribution in [0.25, 0.3) is 0 Å². The molecule has 0 aromatic heterocycles. The number of sulfonamides is 2. The number of halogens is 4. The van der Waals surface area contributed by atoms with Gasteiger partial charge in [0.25, 0.3) is 0 Å². The van der Waals surface area contributed by atoms with E-state index in [2.05, 4.69) is 4.74 Å². The van der Waals surface area contributed by atoms with Crippen LogP contribution in [-0.2, 0) is 37.9 Å². The molecule has 0 heterocycles. The second-order valence-electron chi connectivity index (χ2n) is 10.2. The number of benzene rings is 4. The van der Waals surface area contributed by atoms with Crippen molar-refractivity contribution in [2.24, 2.45) is 5.73 Å². The van der Waals surface area contributed by atoms with Crippen LogP contribution >= 0.6 is 23.2 Å². The van der Waals surface area contributed by atoms with Gasteiger partial charge in [0.1, 0.15) is 11.6 Å². The Morgan fingerprint density at radius 2 is 1.06 bits per heavy atom. The first kappa shape index (κ1) is 38.4. The molecule has 16 heteroatoms. The summed E-state index contributed by atoms with van der Waals surface area (Å²) in [5, 5.41) is 0.920. The molecule has 0 radical (unpaired) electrons. The predicted molar refractivity (Wildman–Crippen MR) is 182 cm³/mol. The Labute approximate surface area is 287 Å². The van der Waals surface area contributed by atoms with Gasteiger partial charge in [-0.1, -0.05) is 41.4 Å². The summed E-state index contributed by atoms with van der Waals surface area (Å²) in [5.41, 5.74) is 6.44. The van der Waals surface area contributed by atoms with Crippen LogP contribution in [0.15, 0.2) is 84.9 Å². The van der Waals surface area contributed by atoms with E-state index in [0.717, 1.165) is 33.3 Å². The van der Waals surface area contributed by atoms with Crippen molar-refractivity contribution in [3.63, 3.8) is 0 Å². The molecule has 4 aromatic carbocycles. The van der Waals surface area contributed by atoms with Crippen molar-refractivity contribution in [3.8, 4) is 0 Å². The van der Waals surface area contributed by atoms with Gasteiger partial charge in [0.05, 0.1) is 56.2 Å². The molecule has 0 fully saturated rings. The number of carbonyl (C=O) groups excluding carboxylic acids is 2. The molecular weight excluding hydrogens is 711 g/mol. The van der Waals surface area contributed by atoms with Crippen molar-refractivity contribution < 1.29 is 39.9 Å². The summed E-state index contributed by atoms with van der Waals surface area (Å²) in [7, 11) is -6.09. The summed E-state index contributed by atoms with van der Waals surface area (Å²) in [5.74, 6) is -2.42. The minimum atomic E-state index is -3.64. The predicted octanol–water partition coefficient (Wildman–Crippen LogP) is 5.82. The maximum absolute atomic E-state index is 14.2. The fourth-order valence-corrected chi connectivity index (χ4v) is 6.22. The number of esters is 1. The van der Waals surface area contributed by atoms with Crippen LogP contribution < -0.4 is 14.3 Å². The normalized spacial score (nSPS) is 11.2. The number of hydrogen-bond acceptors (Lipinski definition) is 8. The Kier molecular flexibility index (Phi) is 13.1. The van der Waals surface area contributed by atoms with E-state index >= 15 is 0 Å². The molecule has 0 unspecified atom stereocenters. The van der Waals surface area contributed by atoms with Crippen LogP contribution in [-0.4, -0.2) is 54.8 Å². The van der Waals surface area contributed by atoms with Gasteiger partial charge in [-0.3, -0.25) is 13.4 Å². The van der Waals surface area contributed by atoms with Crippen molar-refractivity contribution in [3.05, 3.63) is 129 Å². The van der Waals surface area contributed by atoms with Crippen molar-refractivity contribution >= 4 is 66.4 Å². The van der Waals surface area contributed by atoms with Gasteiger partial charge in [-0.25, -0.2) is 30.4 Å². The Bertz CT molecular complexity index is 1850. The number of methoxy groups -OCH3 is 1. The second kappa shape index (κ2) is 16.3. The van der Waals surface area contributed by atoms with E-state index in [1.54, 1.807) is 24.3 Å². The van der Waals surface area contributed by atoms with E-state index in [1.807, 2.05) is 0 Å². The fraction of sp³-hybridized carbons (Fsp3) is 0.188. The first-order chi connectivity index (χ1) is 22.4. The lowest BCUT2D eigenvalue weighted by atomic mass is 10.1. The van der Waals surface area contributed by atoms with Crippen LogP contribution in [0.1, 0.15) is 31.8 Å². The van der Waals surface area contributed by atoms with Crippen molar-refractivity contribution in [1.29, 1.82) is 0 Å². The maximum atomic E-state index is 14.2. The van der Waals surface area contributed by atoms with Crippen molar-refractivity contribution in [2.75, 3.05) is 34.8 Å². The molecule has 0 aliphatic heterocycles. The van der Waals surface area contributed by atoms with Crippen LogP contribution in [0.5, 0.6) is 0 Å². The molecule has 0 bridgehead atoms. The van der Waals surface area contributed by atoms with Crippen molar-refractivity contribution in [1.82, 2.24) is 0 Å². The lowest BCUT2D eigenvalue weighted by molar-refractivity contribution is 0.0600. The molecule has 48 heavy (non-hydrogen) atoms. The van der Waals surface area contributed by atoms with Crippen LogP contribution in [0.4, 0.5) is 20.2 Å². The molecule has 0 atom stereocenters. The van der Waals surface area contributed by atoms with E-state index in [1.165, 1.54) is 55.6 Å². The highest BCUT2D eigenvalue weighted by molar-refractivity contribution is 7.92. The Hall–Kier alpha value is -4.08. The largest absolute Gasteiger partial charge is 0.465 e. The molecule has 0 aliphatic carbocycles. The van der Waals surface area contributed by atoms with Gasteiger partial charge in [-0.15, -0.1) is 0 Å². The highest BCUT2D eigenvalue weighted by Gasteiger charge is 2.22. The summed E-state index contributed by atoms with van der Waals surface area (Å²) < 4.78 is 83.3. The van der Waals surface area contributed by atoms with E-state index in [4.69, 9.17) is 28.9 Å². The zero-order valence-corrected chi connectivity index (χ0v) is 29.0. The van der Waals surface area contributed by atoms with Crippen LogP contribution in [0.3, 0.4) is 0 Å². The SMILES string of the molecule is COC(=O)c1ccc(CN(c2ccc(Cl)cc2)S(C)(=O)=O)c(F)c1.CS(=O)(=O)N(Cc1ccc(C(=O)CN)cc1F)c1ccc(Cl)cc1. The zero-order valence-electron chi connectivity index (χ0n) is 25.9. The average Bonchev–Trinajstić information content (AvgIpc) is 3.03. The lowest BCUT2D eigenvalue weighted by Crippen LogP contribution is -2.29. The van der Waals surface area contributed by atoms with Gasteiger partial charge in [0.2, 0.25) is 20.0 Å². The number of nitrogens with two attached hydrogens (primary N) is 1. The molecule has 10 nitrogen and oxygen atoms in total. The molecule has 256 valence electrons. The average molecular weight is 743 g/mol. The van der Waals surface area contributed by atoms with Gasteiger partial charge in [-0.05, 0) is 66.7 Å². The molecule has 0 saturated carbocycles. The summed E-state index contributed by atoms with van der Waals surface area (Å²) in [4.78, 5) is 22.9. The Balaban J connectivity index is 0.000000260. The molecule has 4 rings (SSSR count). The molecule has 0 aliphatic rings. The number of rotatable bonds is 11. The number of hydrogen-bond donors (Lipinski definition) is 1. The van der Waals surface area contributed by atoms with E-state index < -0.39 is 43.4 Å². The number of anilines is 2. The number of nitrogens with zero attached hydrogens (tertiary/aromatic N) is 2. The Morgan fingerprint density at radius 3 is 1.40 bits per heavy atom. The van der Waals surface area contributed by atoms with Gasteiger partial charge in [0.15, 0.2) is 5.78 Å². The number of ketones is 1. The lowest BCUT2D eigenvalue weighted by Gasteiger charge is -2.23. The molecule has 4 aromatic rings. The van der Waals surface area contributed by atoms with Gasteiger partial charge >= 0.3 is 5.97 Å². The first-order valence-corrected chi connectivity index (χ1v) is 18.2. The summed E-state index contributed by atoms with van der Waals surface area (Å²) in [6, 6.07) is 20.0. The molecule has 2 N–H and O–H groups in total. The smallest absolute Gasteiger partial charge is 0.337 e. The molecule has 0 spiro atoms. The topological polar surface area (TPSA) is 144 Å². The van der Waals surface area contributed by atoms with Gasteiger partial charge < -0.3 is 10.5 Å². The summed E-state index contributed by atoms with van der Waals surface area (Å²) in [6.07, 6.45) is 2.06. The molecule has 0 saturated heterocycles. The third-order valence-electron chi connectivity index (χ3n) is 6.69.